The van der Waals surface area contributed by atoms with Gasteiger partial charge in [0.2, 0.25) is 0 Å². The molecule has 0 aromatic heterocycles. The van der Waals surface area contributed by atoms with Gasteiger partial charge in [-0.3, -0.25) is 4.90 Å². The maximum atomic E-state index is 5.55. The van der Waals surface area contributed by atoms with E-state index >= 15 is 0 Å². The Balaban J connectivity index is 1.56. The number of thiocarbonyl (C=S) groups is 1. The fraction of sp³-hybridized carbons (Fsp3) is 0.409. The first kappa shape index (κ1) is 19.8. The lowest BCUT2D eigenvalue weighted by Gasteiger charge is -2.38. The molecule has 1 aliphatic rings. The van der Waals surface area contributed by atoms with E-state index in [1.165, 1.54) is 11.1 Å². The zero-order valence-electron chi connectivity index (χ0n) is 15.9. The SMILES string of the molecule is C[C@@H](NC(=S)NCCc1ccccc1)[C@@H](c1ccccc1)N1CCOCC1. The van der Waals surface area contributed by atoms with Gasteiger partial charge in [0.15, 0.2) is 5.11 Å². The van der Waals surface area contributed by atoms with E-state index < -0.39 is 0 Å². The van der Waals surface area contributed by atoms with Gasteiger partial charge in [-0.05, 0) is 36.7 Å². The fourth-order valence-electron chi connectivity index (χ4n) is 3.62. The van der Waals surface area contributed by atoms with Gasteiger partial charge >= 0.3 is 0 Å². The van der Waals surface area contributed by atoms with E-state index in [2.05, 4.69) is 77.1 Å². The van der Waals surface area contributed by atoms with E-state index in [9.17, 15) is 0 Å². The second kappa shape index (κ2) is 10.4. The zero-order valence-corrected chi connectivity index (χ0v) is 16.8. The highest BCUT2D eigenvalue weighted by Crippen LogP contribution is 2.25. The predicted octanol–water partition coefficient (Wildman–Crippen LogP) is 3.16. The maximum Gasteiger partial charge on any atom is 0.166 e. The number of morpholine rings is 1. The van der Waals surface area contributed by atoms with Crippen LogP contribution in [0.25, 0.3) is 0 Å². The molecule has 0 radical (unpaired) electrons. The minimum atomic E-state index is 0.197. The van der Waals surface area contributed by atoms with Crippen LogP contribution in [0.5, 0.6) is 0 Å². The van der Waals surface area contributed by atoms with Gasteiger partial charge in [-0.25, -0.2) is 0 Å². The Labute approximate surface area is 167 Å². The minimum absolute atomic E-state index is 0.197. The molecule has 2 aromatic carbocycles. The van der Waals surface area contributed by atoms with Crippen molar-refractivity contribution in [2.24, 2.45) is 0 Å². The number of hydrogen-bond acceptors (Lipinski definition) is 3. The summed E-state index contributed by atoms with van der Waals surface area (Å²) in [5, 5.41) is 7.56. The summed E-state index contributed by atoms with van der Waals surface area (Å²) in [6, 6.07) is 21.6. The van der Waals surface area contributed by atoms with Crippen LogP contribution in [0.15, 0.2) is 60.7 Å². The van der Waals surface area contributed by atoms with Crippen molar-refractivity contribution in [2.75, 3.05) is 32.8 Å². The number of hydrogen-bond donors (Lipinski definition) is 2. The molecule has 4 nitrogen and oxygen atoms in total. The Kier molecular flexibility index (Phi) is 7.63. The molecule has 3 rings (SSSR count). The maximum absolute atomic E-state index is 5.55. The van der Waals surface area contributed by atoms with Crippen molar-refractivity contribution in [3.63, 3.8) is 0 Å². The molecule has 2 N–H and O–H groups in total. The predicted molar refractivity (Wildman–Crippen MR) is 115 cm³/mol. The molecule has 1 aliphatic heterocycles. The van der Waals surface area contributed by atoms with E-state index in [0.29, 0.717) is 5.11 Å². The summed E-state index contributed by atoms with van der Waals surface area (Å²) >= 11 is 5.55. The molecule has 0 amide bonds. The van der Waals surface area contributed by atoms with Crippen molar-refractivity contribution < 1.29 is 4.74 Å². The Morgan fingerprint density at radius 1 is 1.04 bits per heavy atom. The first-order valence-electron chi connectivity index (χ1n) is 9.69. The van der Waals surface area contributed by atoms with E-state index in [1.54, 1.807) is 0 Å². The smallest absolute Gasteiger partial charge is 0.166 e. The molecule has 5 heteroatoms. The topological polar surface area (TPSA) is 36.5 Å². The third-order valence-electron chi connectivity index (χ3n) is 4.95. The molecule has 0 aliphatic carbocycles. The van der Waals surface area contributed by atoms with Crippen LogP contribution in [-0.4, -0.2) is 48.9 Å². The molecule has 1 heterocycles. The van der Waals surface area contributed by atoms with Crippen LogP contribution in [0, 0.1) is 0 Å². The van der Waals surface area contributed by atoms with E-state index in [4.69, 9.17) is 17.0 Å². The monoisotopic (exact) mass is 383 g/mol. The second-order valence-corrected chi connectivity index (χ2v) is 7.34. The lowest BCUT2D eigenvalue weighted by molar-refractivity contribution is 0.0102. The van der Waals surface area contributed by atoms with Crippen LogP contribution >= 0.6 is 12.2 Å². The lowest BCUT2D eigenvalue weighted by atomic mass is 9.98. The van der Waals surface area contributed by atoms with Gasteiger partial charge in [-0.15, -0.1) is 0 Å². The Morgan fingerprint density at radius 2 is 1.67 bits per heavy atom. The summed E-state index contributed by atoms with van der Waals surface area (Å²) in [6.07, 6.45) is 0.961. The molecule has 27 heavy (non-hydrogen) atoms. The van der Waals surface area contributed by atoms with E-state index in [0.717, 1.165) is 39.3 Å². The van der Waals surface area contributed by atoms with Gasteiger partial charge in [-0.1, -0.05) is 60.7 Å². The molecule has 0 spiro atoms. The second-order valence-electron chi connectivity index (χ2n) is 6.93. The van der Waals surface area contributed by atoms with Gasteiger partial charge in [-0.2, -0.15) is 0 Å². The standard InChI is InChI=1S/C22H29N3OS/c1-18(24-22(27)23-13-12-19-8-4-2-5-9-19)21(20-10-6-3-7-11-20)25-14-16-26-17-15-25/h2-11,18,21H,12-17H2,1H3,(H2,23,24,27)/t18-,21+/m1/s1. The molecule has 2 atom stereocenters. The quantitative estimate of drug-likeness (QED) is 0.719. The van der Waals surface area contributed by atoms with Crippen LogP contribution in [-0.2, 0) is 11.2 Å². The highest BCUT2D eigenvalue weighted by Gasteiger charge is 2.27. The van der Waals surface area contributed by atoms with Crippen molar-refractivity contribution >= 4 is 17.3 Å². The summed E-state index contributed by atoms with van der Waals surface area (Å²) in [6.45, 7) is 6.50. The van der Waals surface area contributed by atoms with Crippen molar-refractivity contribution in [1.82, 2.24) is 15.5 Å². The van der Waals surface area contributed by atoms with Gasteiger partial charge in [0.05, 0.1) is 19.3 Å². The number of ether oxygens (including phenoxy) is 1. The van der Waals surface area contributed by atoms with Gasteiger partial charge < -0.3 is 15.4 Å². The van der Waals surface area contributed by atoms with Crippen molar-refractivity contribution in [3.8, 4) is 0 Å². The largest absolute Gasteiger partial charge is 0.379 e. The van der Waals surface area contributed by atoms with Crippen molar-refractivity contribution in [2.45, 2.75) is 25.4 Å². The van der Waals surface area contributed by atoms with Crippen LogP contribution in [0.3, 0.4) is 0 Å². The molecule has 1 fully saturated rings. The highest BCUT2D eigenvalue weighted by atomic mass is 32.1. The highest BCUT2D eigenvalue weighted by molar-refractivity contribution is 7.80. The average Bonchev–Trinajstić information content (AvgIpc) is 2.70. The minimum Gasteiger partial charge on any atom is -0.379 e. The third-order valence-corrected chi connectivity index (χ3v) is 5.22. The molecule has 144 valence electrons. The number of nitrogens with one attached hydrogen (secondary N) is 2. The summed E-state index contributed by atoms with van der Waals surface area (Å²) in [5.41, 5.74) is 2.63. The van der Waals surface area contributed by atoms with E-state index in [-0.39, 0.29) is 12.1 Å². The summed E-state index contributed by atoms with van der Waals surface area (Å²) in [5.74, 6) is 0. The normalized spacial score (nSPS) is 17.1. The van der Waals surface area contributed by atoms with Crippen molar-refractivity contribution in [1.29, 1.82) is 0 Å². The van der Waals surface area contributed by atoms with Crippen molar-refractivity contribution in [3.05, 3.63) is 71.8 Å². The molecule has 0 bridgehead atoms. The first-order chi connectivity index (χ1) is 13.2. The summed E-state index contributed by atoms with van der Waals surface area (Å²) < 4.78 is 5.54. The molecular formula is C22H29N3OS. The third kappa shape index (κ3) is 6.03. The number of rotatable bonds is 7. The van der Waals surface area contributed by atoms with Gasteiger partial charge in [0.1, 0.15) is 0 Å². The lowest BCUT2D eigenvalue weighted by Crippen LogP contribution is -2.50. The Morgan fingerprint density at radius 3 is 2.33 bits per heavy atom. The first-order valence-corrected chi connectivity index (χ1v) is 10.1. The van der Waals surface area contributed by atoms with Crippen LogP contribution in [0.2, 0.25) is 0 Å². The Hall–Kier alpha value is -1.95. The summed E-state index contributed by atoms with van der Waals surface area (Å²) in [7, 11) is 0. The Bertz CT molecular complexity index is 689. The van der Waals surface area contributed by atoms with Crippen LogP contribution < -0.4 is 10.6 Å². The molecule has 1 saturated heterocycles. The number of benzene rings is 2. The molecular weight excluding hydrogens is 354 g/mol. The number of nitrogens with zero attached hydrogens (tertiary/aromatic N) is 1. The van der Waals surface area contributed by atoms with Crippen LogP contribution in [0.4, 0.5) is 0 Å². The van der Waals surface area contributed by atoms with E-state index in [1.807, 2.05) is 6.07 Å². The molecule has 0 unspecified atom stereocenters. The molecule has 0 saturated carbocycles. The molecule has 2 aromatic rings. The van der Waals surface area contributed by atoms with Gasteiger partial charge in [0, 0.05) is 25.7 Å². The zero-order chi connectivity index (χ0) is 18.9. The van der Waals surface area contributed by atoms with Crippen LogP contribution in [0.1, 0.15) is 24.1 Å². The summed E-state index contributed by atoms with van der Waals surface area (Å²) in [4.78, 5) is 2.49. The average molecular weight is 384 g/mol. The van der Waals surface area contributed by atoms with Gasteiger partial charge in [0.25, 0.3) is 0 Å². The fourth-order valence-corrected chi connectivity index (χ4v) is 3.91.